The summed E-state index contributed by atoms with van der Waals surface area (Å²) in [5, 5.41) is 0. The minimum absolute atomic E-state index is 0.113. The normalized spacial score (nSPS) is 15.6. The zero-order valence-corrected chi connectivity index (χ0v) is 16.6. The van der Waals surface area contributed by atoms with Gasteiger partial charge in [-0.2, -0.15) is 4.31 Å². The Morgan fingerprint density at radius 2 is 1.50 bits per heavy atom. The van der Waals surface area contributed by atoms with Crippen molar-refractivity contribution >= 4 is 16.0 Å². The van der Waals surface area contributed by atoms with E-state index in [1.807, 2.05) is 30.3 Å². The predicted molar refractivity (Wildman–Crippen MR) is 106 cm³/mol. The molecular weight excluding hydrogens is 378 g/mol. The summed E-state index contributed by atoms with van der Waals surface area (Å²) >= 11 is 0. The molecule has 0 aliphatic carbocycles. The molecule has 0 atom stereocenters. The van der Waals surface area contributed by atoms with E-state index in [2.05, 4.69) is 0 Å². The number of nitrogens with zero attached hydrogens (tertiary/aromatic N) is 1. The molecule has 150 valence electrons. The summed E-state index contributed by atoms with van der Waals surface area (Å²) < 4.78 is 37.7. The van der Waals surface area contributed by atoms with E-state index in [-0.39, 0.29) is 18.1 Å². The van der Waals surface area contributed by atoms with E-state index in [1.165, 1.54) is 28.6 Å². The van der Waals surface area contributed by atoms with E-state index in [9.17, 15) is 13.2 Å². The number of sulfonamides is 1. The van der Waals surface area contributed by atoms with Crippen molar-refractivity contribution in [3.8, 4) is 5.75 Å². The van der Waals surface area contributed by atoms with Gasteiger partial charge in [-0.25, -0.2) is 13.2 Å². The van der Waals surface area contributed by atoms with Crippen molar-refractivity contribution in [3.63, 3.8) is 0 Å². The smallest absolute Gasteiger partial charge is 0.338 e. The highest BCUT2D eigenvalue weighted by molar-refractivity contribution is 7.89. The van der Waals surface area contributed by atoms with Gasteiger partial charge < -0.3 is 9.47 Å². The van der Waals surface area contributed by atoms with Crippen LogP contribution in [0, 0.1) is 0 Å². The van der Waals surface area contributed by atoms with E-state index < -0.39 is 16.0 Å². The lowest BCUT2D eigenvalue weighted by Crippen LogP contribution is -2.31. The first-order valence-corrected chi connectivity index (χ1v) is 11.0. The molecule has 0 bridgehead atoms. The van der Waals surface area contributed by atoms with Gasteiger partial charge in [0.25, 0.3) is 0 Å². The second kappa shape index (κ2) is 9.71. The quantitative estimate of drug-likeness (QED) is 0.523. The van der Waals surface area contributed by atoms with Crippen LogP contribution in [0.4, 0.5) is 0 Å². The predicted octanol–water partition coefficient (Wildman–Crippen LogP) is 3.49. The molecule has 6 nitrogen and oxygen atoms in total. The third-order valence-electron chi connectivity index (χ3n) is 4.62. The first-order chi connectivity index (χ1) is 13.6. The van der Waals surface area contributed by atoms with Crippen LogP contribution in [0.5, 0.6) is 5.75 Å². The van der Waals surface area contributed by atoms with Crippen molar-refractivity contribution in [2.45, 2.75) is 30.6 Å². The zero-order valence-electron chi connectivity index (χ0n) is 15.7. The number of benzene rings is 2. The Morgan fingerprint density at radius 1 is 0.857 bits per heavy atom. The van der Waals surface area contributed by atoms with Crippen LogP contribution in [0.25, 0.3) is 0 Å². The van der Waals surface area contributed by atoms with Crippen molar-refractivity contribution < 1.29 is 22.7 Å². The number of para-hydroxylation sites is 1. The molecule has 0 saturated carbocycles. The number of hydrogen-bond acceptors (Lipinski definition) is 5. The number of carbonyl (C=O) groups excluding carboxylic acids is 1. The number of rotatable bonds is 7. The minimum Gasteiger partial charge on any atom is -0.490 e. The maximum Gasteiger partial charge on any atom is 0.338 e. The van der Waals surface area contributed by atoms with E-state index in [1.54, 1.807) is 0 Å². The third-order valence-corrected chi connectivity index (χ3v) is 6.53. The fourth-order valence-electron chi connectivity index (χ4n) is 3.09. The van der Waals surface area contributed by atoms with Gasteiger partial charge in [-0.05, 0) is 49.2 Å². The Bertz CT molecular complexity index is 857. The van der Waals surface area contributed by atoms with Crippen molar-refractivity contribution in [2.24, 2.45) is 0 Å². The molecule has 0 radical (unpaired) electrons. The van der Waals surface area contributed by atoms with Crippen molar-refractivity contribution in [3.05, 3.63) is 60.2 Å². The summed E-state index contributed by atoms with van der Waals surface area (Å²) in [6, 6.07) is 15.2. The SMILES string of the molecule is O=C(OCCOc1ccccc1)c1ccc(S(=O)(=O)N2CCCCCC2)cc1. The number of esters is 1. The van der Waals surface area contributed by atoms with Gasteiger partial charge in [-0.15, -0.1) is 0 Å². The molecule has 2 aromatic rings. The van der Waals surface area contributed by atoms with Crippen LogP contribution < -0.4 is 4.74 Å². The van der Waals surface area contributed by atoms with Gasteiger partial charge >= 0.3 is 5.97 Å². The Balaban J connectivity index is 1.53. The van der Waals surface area contributed by atoms with E-state index in [0.717, 1.165) is 25.7 Å². The van der Waals surface area contributed by atoms with Gasteiger partial charge in [0.2, 0.25) is 10.0 Å². The van der Waals surface area contributed by atoms with Gasteiger partial charge in [-0.1, -0.05) is 31.0 Å². The average Bonchev–Trinajstić information content (AvgIpc) is 3.02. The maximum absolute atomic E-state index is 12.8. The molecule has 1 fully saturated rings. The molecule has 1 heterocycles. The second-order valence-corrected chi connectivity index (χ2v) is 8.58. The maximum atomic E-state index is 12.8. The molecule has 1 aliphatic rings. The lowest BCUT2D eigenvalue weighted by molar-refractivity contribution is 0.0450. The summed E-state index contributed by atoms with van der Waals surface area (Å²) in [6.07, 6.45) is 3.89. The van der Waals surface area contributed by atoms with Crippen LogP contribution in [0.15, 0.2) is 59.5 Å². The minimum atomic E-state index is -3.52. The lowest BCUT2D eigenvalue weighted by atomic mass is 10.2. The average molecular weight is 404 g/mol. The molecule has 3 rings (SSSR count). The Labute approximate surface area is 166 Å². The van der Waals surface area contributed by atoms with Crippen molar-refractivity contribution in [1.29, 1.82) is 0 Å². The number of ether oxygens (including phenoxy) is 2. The van der Waals surface area contributed by atoms with Gasteiger partial charge in [0.15, 0.2) is 0 Å². The zero-order chi connectivity index (χ0) is 19.8. The highest BCUT2D eigenvalue weighted by Gasteiger charge is 2.25. The number of carbonyl (C=O) groups is 1. The molecule has 2 aromatic carbocycles. The van der Waals surface area contributed by atoms with Crippen LogP contribution in [0.2, 0.25) is 0 Å². The van der Waals surface area contributed by atoms with Crippen molar-refractivity contribution in [1.82, 2.24) is 4.31 Å². The molecule has 28 heavy (non-hydrogen) atoms. The Kier molecular flexibility index (Phi) is 7.06. The Hall–Kier alpha value is -2.38. The monoisotopic (exact) mass is 403 g/mol. The Morgan fingerprint density at radius 3 is 2.14 bits per heavy atom. The fraction of sp³-hybridized carbons (Fsp3) is 0.381. The molecule has 1 saturated heterocycles. The summed E-state index contributed by atoms with van der Waals surface area (Å²) in [5.41, 5.74) is 0.314. The van der Waals surface area contributed by atoms with Gasteiger partial charge in [-0.3, -0.25) is 0 Å². The summed E-state index contributed by atoms with van der Waals surface area (Å²) in [6.45, 7) is 1.46. The molecule has 0 N–H and O–H groups in total. The summed E-state index contributed by atoms with van der Waals surface area (Å²) in [7, 11) is -3.52. The van der Waals surface area contributed by atoms with Crippen molar-refractivity contribution in [2.75, 3.05) is 26.3 Å². The van der Waals surface area contributed by atoms with E-state index >= 15 is 0 Å². The highest BCUT2D eigenvalue weighted by atomic mass is 32.2. The third kappa shape index (κ3) is 5.33. The van der Waals surface area contributed by atoms with Crippen LogP contribution in [-0.2, 0) is 14.8 Å². The molecule has 0 unspecified atom stereocenters. The standard InChI is InChI=1S/C21H25NO5S/c23-21(27-17-16-26-19-8-4-3-5-9-19)18-10-12-20(13-11-18)28(24,25)22-14-6-1-2-7-15-22/h3-5,8-13H,1-2,6-7,14-17H2. The van der Waals surface area contributed by atoms with Gasteiger partial charge in [0.1, 0.15) is 19.0 Å². The summed E-state index contributed by atoms with van der Waals surface area (Å²) in [4.78, 5) is 12.3. The van der Waals surface area contributed by atoms with E-state index in [4.69, 9.17) is 9.47 Å². The lowest BCUT2D eigenvalue weighted by Gasteiger charge is -2.20. The highest BCUT2D eigenvalue weighted by Crippen LogP contribution is 2.21. The molecule has 0 spiro atoms. The van der Waals surface area contributed by atoms with Gasteiger partial charge in [0, 0.05) is 13.1 Å². The van der Waals surface area contributed by atoms with Crippen LogP contribution in [-0.4, -0.2) is 45.0 Å². The summed E-state index contributed by atoms with van der Waals surface area (Å²) in [5.74, 6) is 0.206. The largest absolute Gasteiger partial charge is 0.490 e. The second-order valence-electron chi connectivity index (χ2n) is 6.64. The first kappa shape index (κ1) is 20.4. The van der Waals surface area contributed by atoms with E-state index in [0.29, 0.717) is 24.4 Å². The van der Waals surface area contributed by atoms with Gasteiger partial charge in [0.05, 0.1) is 10.5 Å². The molecule has 0 aromatic heterocycles. The number of hydrogen-bond donors (Lipinski definition) is 0. The van der Waals surface area contributed by atoms with Crippen LogP contribution >= 0.6 is 0 Å². The molecule has 7 heteroatoms. The topological polar surface area (TPSA) is 72.9 Å². The fourth-order valence-corrected chi connectivity index (χ4v) is 4.61. The first-order valence-electron chi connectivity index (χ1n) is 9.52. The van der Waals surface area contributed by atoms with Crippen LogP contribution in [0.1, 0.15) is 36.0 Å². The molecule has 1 aliphatic heterocycles. The molecule has 0 amide bonds. The van der Waals surface area contributed by atoms with Crippen LogP contribution in [0.3, 0.4) is 0 Å². The molecular formula is C21H25NO5S.